The summed E-state index contributed by atoms with van der Waals surface area (Å²) in [6.45, 7) is 8.22. The lowest BCUT2D eigenvalue weighted by molar-refractivity contribution is -0.139. The molecule has 0 aliphatic carbocycles. The molecule has 0 saturated carbocycles. The highest BCUT2D eigenvalue weighted by Gasteiger charge is 2.30. The van der Waals surface area contributed by atoms with Crippen molar-refractivity contribution < 1.29 is 22.8 Å². The summed E-state index contributed by atoms with van der Waals surface area (Å²) >= 11 is 0. The Morgan fingerprint density at radius 2 is 1.62 bits per heavy atom. The van der Waals surface area contributed by atoms with Crippen molar-refractivity contribution in [1.82, 2.24) is 10.2 Å². The number of nitrogens with one attached hydrogen (secondary N) is 1. The first-order valence-electron chi connectivity index (χ1n) is 11.0. The van der Waals surface area contributed by atoms with E-state index in [0.29, 0.717) is 5.56 Å². The molecule has 8 nitrogen and oxygen atoms in total. The molecule has 0 saturated heterocycles. The van der Waals surface area contributed by atoms with Crippen molar-refractivity contribution in [3.63, 3.8) is 0 Å². The van der Waals surface area contributed by atoms with Crippen LogP contribution in [-0.2, 0) is 26.2 Å². The Hall–Kier alpha value is -3.20. The maximum absolute atomic E-state index is 13.5. The summed E-state index contributed by atoms with van der Waals surface area (Å²) in [4.78, 5) is 39.4. The molecule has 2 rings (SSSR count). The maximum Gasteiger partial charge on any atom is 0.244 e. The van der Waals surface area contributed by atoms with Crippen molar-refractivity contribution in [2.24, 2.45) is 0 Å². The molecule has 0 radical (unpaired) electrons. The topological polar surface area (TPSA) is 104 Å². The maximum atomic E-state index is 13.5. The number of sulfonamides is 1. The summed E-state index contributed by atoms with van der Waals surface area (Å²) in [5.41, 5.74) is 2.41. The van der Waals surface area contributed by atoms with E-state index in [1.807, 2.05) is 45.0 Å². The second-order valence-corrected chi connectivity index (χ2v) is 10.6. The number of carbonyl (C=O) groups is 3. The van der Waals surface area contributed by atoms with Gasteiger partial charge in [-0.15, -0.1) is 0 Å². The van der Waals surface area contributed by atoms with Crippen molar-refractivity contribution in [3.05, 3.63) is 65.2 Å². The van der Waals surface area contributed by atoms with Crippen LogP contribution in [0.15, 0.2) is 48.5 Å². The van der Waals surface area contributed by atoms with Gasteiger partial charge in [-0.3, -0.25) is 18.7 Å². The molecule has 0 fully saturated rings. The molecule has 34 heavy (non-hydrogen) atoms. The summed E-state index contributed by atoms with van der Waals surface area (Å²) in [5, 5.41) is 2.81. The van der Waals surface area contributed by atoms with Gasteiger partial charge in [-0.25, -0.2) is 8.42 Å². The van der Waals surface area contributed by atoms with Gasteiger partial charge < -0.3 is 10.2 Å². The highest BCUT2D eigenvalue weighted by Crippen LogP contribution is 2.21. The van der Waals surface area contributed by atoms with Crippen molar-refractivity contribution in [1.29, 1.82) is 0 Å². The number of aryl methyl sites for hydroxylation is 1. The van der Waals surface area contributed by atoms with E-state index in [2.05, 4.69) is 5.32 Å². The molecule has 2 aromatic carbocycles. The third kappa shape index (κ3) is 7.41. The monoisotopic (exact) mass is 487 g/mol. The Balaban J connectivity index is 2.42. The molecular weight excluding hydrogens is 454 g/mol. The summed E-state index contributed by atoms with van der Waals surface area (Å²) in [6.07, 6.45) is 1.000. The first-order valence-corrected chi connectivity index (χ1v) is 12.9. The summed E-state index contributed by atoms with van der Waals surface area (Å²) < 4.78 is 26.2. The molecule has 2 amide bonds. The molecule has 0 aliphatic rings. The molecule has 0 spiro atoms. The predicted octanol–water partition coefficient (Wildman–Crippen LogP) is 2.91. The fourth-order valence-corrected chi connectivity index (χ4v) is 4.21. The van der Waals surface area contributed by atoms with Crippen molar-refractivity contribution in [2.45, 2.75) is 53.2 Å². The number of nitrogens with zero attached hydrogens (tertiary/aromatic N) is 2. The third-order valence-electron chi connectivity index (χ3n) is 5.29. The fourth-order valence-electron chi connectivity index (χ4n) is 3.37. The van der Waals surface area contributed by atoms with Gasteiger partial charge >= 0.3 is 0 Å². The molecule has 0 heterocycles. The highest BCUT2D eigenvalue weighted by molar-refractivity contribution is 7.92. The van der Waals surface area contributed by atoms with E-state index in [0.717, 1.165) is 21.7 Å². The van der Waals surface area contributed by atoms with Crippen LogP contribution < -0.4 is 9.62 Å². The minimum atomic E-state index is -3.86. The Labute approximate surface area is 202 Å². The predicted molar refractivity (Wildman–Crippen MR) is 133 cm³/mol. The first-order chi connectivity index (χ1) is 15.8. The van der Waals surface area contributed by atoms with E-state index in [1.54, 1.807) is 19.1 Å². The van der Waals surface area contributed by atoms with E-state index in [9.17, 15) is 22.8 Å². The molecule has 1 atom stereocenters. The summed E-state index contributed by atoms with van der Waals surface area (Å²) in [5.74, 6) is -1.09. The SMILES string of the molecule is CC(=O)c1cccc(N(CC(=O)N(Cc2ccc(C)cc2)[C@H](C)C(=O)NC(C)C)S(C)(=O)=O)c1. The fraction of sp³-hybridized carbons (Fsp3) is 0.400. The van der Waals surface area contributed by atoms with Gasteiger partial charge in [0.1, 0.15) is 12.6 Å². The number of carbonyl (C=O) groups excluding carboxylic acids is 3. The average Bonchev–Trinajstić information content (AvgIpc) is 2.75. The molecule has 0 aliphatic heterocycles. The molecule has 9 heteroatoms. The second kappa shape index (κ2) is 11.3. The van der Waals surface area contributed by atoms with Crippen molar-refractivity contribution >= 4 is 33.3 Å². The lowest BCUT2D eigenvalue weighted by Gasteiger charge is -2.32. The molecule has 184 valence electrons. The smallest absolute Gasteiger partial charge is 0.244 e. The number of anilines is 1. The average molecular weight is 488 g/mol. The van der Waals surface area contributed by atoms with E-state index in [1.165, 1.54) is 24.0 Å². The van der Waals surface area contributed by atoms with Crippen LogP contribution in [0.1, 0.15) is 49.2 Å². The Bertz CT molecular complexity index is 1140. The van der Waals surface area contributed by atoms with Crippen LogP contribution in [-0.4, -0.2) is 55.8 Å². The van der Waals surface area contributed by atoms with Gasteiger partial charge in [-0.1, -0.05) is 42.0 Å². The van der Waals surface area contributed by atoms with Crippen molar-refractivity contribution in [3.8, 4) is 0 Å². The zero-order chi connectivity index (χ0) is 25.6. The van der Waals surface area contributed by atoms with Gasteiger partial charge in [0.2, 0.25) is 21.8 Å². The van der Waals surface area contributed by atoms with Gasteiger partial charge in [-0.05, 0) is 52.3 Å². The second-order valence-electron chi connectivity index (χ2n) is 8.72. The summed E-state index contributed by atoms with van der Waals surface area (Å²) in [7, 11) is -3.86. The van der Waals surface area contributed by atoms with Crippen LogP contribution in [0.2, 0.25) is 0 Å². The minimum Gasteiger partial charge on any atom is -0.352 e. The number of hydrogen-bond donors (Lipinski definition) is 1. The van der Waals surface area contributed by atoms with E-state index in [-0.39, 0.29) is 30.0 Å². The van der Waals surface area contributed by atoms with Gasteiger partial charge in [0.05, 0.1) is 11.9 Å². The standard InChI is InChI=1S/C25H33N3O5S/c1-17(2)26-25(31)19(4)27(15-21-12-10-18(3)11-13-21)24(30)16-28(34(6,32)33)23-9-7-8-22(14-23)20(5)29/h7-14,17,19H,15-16H2,1-6H3,(H,26,31)/t19-/m1/s1. The number of rotatable bonds is 10. The minimum absolute atomic E-state index is 0.117. The highest BCUT2D eigenvalue weighted by atomic mass is 32.2. The lowest BCUT2D eigenvalue weighted by atomic mass is 10.1. The Kier molecular flexibility index (Phi) is 8.98. The summed E-state index contributed by atoms with van der Waals surface area (Å²) in [6, 6.07) is 12.7. The van der Waals surface area contributed by atoms with Crippen LogP contribution in [0.4, 0.5) is 5.69 Å². The van der Waals surface area contributed by atoms with Gasteiger partial charge in [0.15, 0.2) is 5.78 Å². The van der Waals surface area contributed by atoms with E-state index in [4.69, 9.17) is 0 Å². The largest absolute Gasteiger partial charge is 0.352 e. The van der Waals surface area contributed by atoms with Crippen LogP contribution >= 0.6 is 0 Å². The van der Waals surface area contributed by atoms with Crippen LogP contribution in [0.5, 0.6) is 0 Å². The van der Waals surface area contributed by atoms with E-state index >= 15 is 0 Å². The van der Waals surface area contributed by atoms with Crippen LogP contribution in [0.3, 0.4) is 0 Å². The molecule has 0 bridgehead atoms. The molecular formula is C25H33N3O5S. The zero-order valence-electron chi connectivity index (χ0n) is 20.5. The van der Waals surface area contributed by atoms with Crippen LogP contribution in [0, 0.1) is 6.92 Å². The van der Waals surface area contributed by atoms with Gasteiger partial charge in [0.25, 0.3) is 0 Å². The normalized spacial score (nSPS) is 12.2. The molecule has 0 unspecified atom stereocenters. The van der Waals surface area contributed by atoms with E-state index < -0.39 is 28.5 Å². The third-order valence-corrected chi connectivity index (χ3v) is 6.43. The van der Waals surface area contributed by atoms with Gasteiger partial charge in [-0.2, -0.15) is 0 Å². The lowest BCUT2D eigenvalue weighted by Crippen LogP contribution is -2.52. The van der Waals surface area contributed by atoms with Crippen LogP contribution in [0.25, 0.3) is 0 Å². The number of hydrogen-bond acceptors (Lipinski definition) is 5. The molecule has 0 aromatic heterocycles. The number of benzene rings is 2. The van der Waals surface area contributed by atoms with Crippen molar-refractivity contribution in [2.75, 3.05) is 17.1 Å². The van der Waals surface area contributed by atoms with Gasteiger partial charge in [0, 0.05) is 18.2 Å². The first kappa shape index (κ1) is 27.0. The Morgan fingerprint density at radius 1 is 1.00 bits per heavy atom. The number of ketones is 1. The number of Topliss-reactive ketones (excluding diaryl/α,β-unsaturated/α-hetero) is 1. The Morgan fingerprint density at radius 3 is 2.15 bits per heavy atom. The number of amides is 2. The zero-order valence-corrected chi connectivity index (χ0v) is 21.3. The molecule has 2 aromatic rings. The quantitative estimate of drug-likeness (QED) is 0.519. The molecule has 1 N–H and O–H groups in total.